The Labute approximate surface area is 62.9 Å². The Morgan fingerprint density at radius 2 is 2.09 bits per heavy atom. The molecule has 0 bridgehead atoms. The van der Waals surface area contributed by atoms with Crippen LogP contribution >= 0.6 is 0 Å². The second-order valence-electron chi connectivity index (χ2n) is 2.33. The first kappa shape index (κ1) is 9.67. The van der Waals surface area contributed by atoms with Crippen molar-refractivity contribution in [1.82, 2.24) is 0 Å². The molecule has 0 aromatic heterocycles. The van der Waals surface area contributed by atoms with Crippen LogP contribution < -0.4 is 0 Å². The fourth-order valence-corrected chi connectivity index (χ4v) is 0.545. The second kappa shape index (κ2) is 3.75. The summed E-state index contributed by atoms with van der Waals surface area (Å²) in [6, 6.07) is 0. The quantitative estimate of drug-likeness (QED) is 0.475. The number of carboxylic acid groups (broad SMARTS) is 1. The number of nitrogens with zero attached hydrogens (tertiary/aromatic N) is 1. The molecule has 0 heterocycles. The summed E-state index contributed by atoms with van der Waals surface area (Å²) in [4.78, 5) is 23.9. The SMILES string of the molecule is CC(C)[C@H](O[N+](=O)[O-])C(=O)O. The van der Waals surface area contributed by atoms with E-state index in [1.54, 1.807) is 0 Å². The Morgan fingerprint density at radius 1 is 1.64 bits per heavy atom. The van der Waals surface area contributed by atoms with Crippen molar-refractivity contribution in [1.29, 1.82) is 0 Å². The number of rotatable bonds is 4. The van der Waals surface area contributed by atoms with Crippen molar-refractivity contribution < 1.29 is 19.8 Å². The first-order chi connectivity index (χ1) is 4.95. The lowest BCUT2D eigenvalue weighted by Crippen LogP contribution is -2.31. The summed E-state index contributed by atoms with van der Waals surface area (Å²) in [5.74, 6) is -1.74. The van der Waals surface area contributed by atoms with E-state index in [-0.39, 0.29) is 0 Å². The highest BCUT2D eigenvalue weighted by atomic mass is 17.0. The van der Waals surface area contributed by atoms with E-state index < -0.39 is 23.1 Å². The second-order valence-corrected chi connectivity index (χ2v) is 2.33. The third-order valence-corrected chi connectivity index (χ3v) is 1.05. The number of carboxylic acids is 1. The Balaban J connectivity index is 4.12. The van der Waals surface area contributed by atoms with E-state index in [0.717, 1.165) is 0 Å². The van der Waals surface area contributed by atoms with Crippen LogP contribution in [0.3, 0.4) is 0 Å². The third kappa shape index (κ3) is 3.39. The molecule has 0 aromatic carbocycles. The highest BCUT2D eigenvalue weighted by Gasteiger charge is 2.25. The monoisotopic (exact) mass is 163 g/mol. The zero-order chi connectivity index (χ0) is 9.02. The highest BCUT2D eigenvalue weighted by molar-refractivity contribution is 5.72. The molecule has 0 aromatic rings. The third-order valence-electron chi connectivity index (χ3n) is 1.05. The Hall–Kier alpha value is -1.33. The minimum absolute atomic E-state index is 0.419. The van der Waals surface area contributed by atoms with E-state index in [2.05, 4.69) is 4.84 Å². The first-order valence-corrected chi connectivity index (χ1v) is 2.99. The maximum atomic E-state index is 10.2. The Bertz CT molecular complexity index is 166. The van der Waals surface area contributed by atoms with Crippen LogP contribution in [0.1, 0.15) is 13.8 Å². The van der Waals surface area contributed by atoms with Crippen LogP contribution in [0.4, 0.5) is 0 Å². The van der Waals surface area contributed by atoms with Gasteiger partial charge in [0.1, 0.15) is 0 Å². The van der Waals surface area contributed by atoms with Gasteiger partial charge in [0.15, 0.2) is 0 Å². The zero-order valence-corrected chi connectivity index (χ0v) is 6.18. The van der Waals surface area contributed by atoms with Crippen molar-refractivity contribution in [3.8, 4) is 0 Å². The molecule has 11 heavy (non-hydrogen) atoms. The average molecular weight is 163 g/mol. The lowest BCUT2D eigenvalue weighted by molar-refractivity contribution is -0.766. The molecular formula is C5H9NO5. The molecule has 1 atom stereocenters. The molecule has 0 amide bonds. The van der Waals surface area contributed by atoms with Crippen LogP contribution in [0, 0.1) is 16.0 Å². The van der Waals surface area contributed by atoms with E-state index in [0.29, 0.717) is 0 Å². The average Bonchev–Trinajstić information content (AvgIpc) is 1.81. The van der Waals surface area contributed by atoms with Gasteiger partial charge in [0.25, 0.3) is 5.09 Å². The van der Waals surface area contributed by atoms with Crippen LogP contribution in [0.2, 0.25) is 0 Å². The topological polar surface area (TPSA) is 89.7 Å². The molecule has 0 saturated heterocycles. The summed E-state index contributed by atoms with van der Waals surface area (Å²) in [6.07, 6.45) is -1.37. The van der Waals surface area contributed by atoms with Gasteiger partial charge in [0.2, 0.25) is 6.10 Å². The van der Waals surface area contributed by atoms with E-state index in [9.17, 15) is 14.9 Å². The number of hydrogen-bond acceptors (Lipinski definition) is 4. The van der Waals surface area contributed by atoms with Gasteiger partial charge in [-0.1, -0.05) is 13.8 Å². The Morgan fingerprint density at radius 3 is 2.18 bits per heavy atom. The van der Waals surface area contributed by atoms with Gasteiger partial charge in [-0.2, -0.15) is 0 Å². The number of carbonyl (C=O) groups is 1. The van der Waals surface area contributed by atoms with Crippen LogP contribution in [-0.2, 0) is 9.63 Å². The highest BCUT2D eigenvalue weighted by Crippen LogP contribution is 2.06. The van der Waals surface area contributed by atoms with Gasteiger partial charge in [-0.3, -0.25) is 4.84 Å². The molecule has 0 radical (unpaired) electrons. The molecule has 0 saturated carbocycles. The van der Waals surface area contributed by atoms with Crippen LogP contribution in [0.25, 0.3) is 0 Å². The molecular weight excluding hydrogens is 154 g/mol. The molecule has 6 nitrogen and oxygen atoms in total. The maximum Gasteiger partial charge on any atom is 0.333 e. The predicted molar refractivity (Wildman–Crippen MR) is 34.3 cm³/mol. The van der Waals surface area contributed by atoms with Crippen molar-refractivity contribution >= 4 is 5.97 Å². The van der Waals surface area contributed by atoms with Gasteiger partial charge >= 0.3 is 5.97 Å². The molecule has 0 fully saturated rings. The van der Waals surface area contributed by atoms with Crippen molar-refractivity contribution in [3.05, 3.63) is 10.1 Å². The number of aliphatic carboxylic acids is 1. The summed E-state index contributed by atoms with van der Waals surface area (Å²) in [5.41, 5.74) is 0. The van der Waals surface area contributed by atoms with Crippen LogP contribution in [0.5, 0.6) is 0 Å². The van der Waals surface area contributed by atoms with Crippen LogP contribution in [-0.4, -0.2) is 22.3 Å². The van der Waals surface area contributed by atoms with Gasteiger partial charge in [-0.25, -0.2) is 4.79 Å². The van der Waals surface area contributed by atoms with Crippen molar-refractivity contribution in [2.24, 2.45) is 5.92 Å². The molecule has 0 unspecified atom stereocenters. The van der Waals surface area contributed by atoms with Crippen LogP contribution in [0.15, 0.2) is 0 Å². The summed E-state index contributed by atoms with van der Waals surface area (Å²) in [5, 5.41) is 17.0. The molecule has 0 aliphatic carbocycles. The summed E-state index contributed by atoms with van der Waals surface area (Å²) in [7, 11) is 0. The predicted octanol–water partition coefficient (Wildman–Crippen LogP) is 0.304. The van der Waals surface area contributed by atoms with Gasteiger partial charge in [0.05, 0.1) is 0 Å². The summed E-state index contributed by atoms with van der Waals surface area (Å²) < 4.78 is 0. The van der Waals surface area contributed by atoms with Gasteiger partial charge in [-0.05, 0) is 5.92 Å². The zero-order valence-electron chi connectivity index (χ0n) is 6.18. The van der Waals surface area contributed by atoms with Gasteiger partial charge in [-0.15, -0.1) is 10.1 Å². The summed E-state index contributed by atoms with van der Waals surface area (Å²) >= 11 is 0. The largest absolute Gasteiger partial charge is 0.480 e. The molecule has 0 spiro atoms. The van der Waals surface area contributed by atoms with Gasteiger partial charge < -0.3 is 5.11 Å². The lowest BCUT2D eigenvalue weighted by atomic mass is 10.1. The molecule has 64 valence electrons. The van der Waals surface area contributed by atoms with E-state index >= 15 is 0 Å². The summed E-state index contributed by atoms with van der Waals surface area (Å²) in [6.45, 7) is 3.06. The minimum atomic E-state index is -1.37. The number of hydrogen-bond donors (Lipinski definition) is 1. The standard InChI is InChI=1S/C5H9NO5/c1-3(2)4(5(7)8)11-6(9)10/h3-4H,1-2H3,(H,7,8)/t4-/m0/s1. The minimum Gasteiger partial charge on any atom is -0.480 e. The fraction of sp³-hybridized carbons (Fsp3) is 0.800. The Kier molecular flexibility index (Phi) is 3.29. The maximum absolute atomic E-state index is 10.2. The van der Waals surface area contributed by atoms with Crippen molar-refractivity contribution in [3.63, 3.8) is 0 Å². The first-order valence-electron chi connectivity index (χ1n) is 2.99. The normalized spacial score (nSPS) is 12.6. The van der Waals surface area contributed by atoms with E-state index in [1.165, 1.54) is 13.8 Å². The lowest BCUT2D eigenvalue weighted by Gasteiger charge is -2.12. The van der Waals surface area contributed by atoms with Gasteiger partial charge in [0, 0.05) is 0 Å². The van der Waals surface area contributed by atoms with Crippen molar-refractivity contribution in [2.45, 2.75) is 20.0 Å². The van der Waals surface area contributed by atoms with E-state index in [1.807, 2.05) is 0 Å². The van der Waals surface area contributed by atoms with E-state index in [4.69, 9.17) is 5.11 Å². The molecule has 0 aliphatic heterocycles. The van der Waals surface area contributed by atoms with Crippen molar-refractivity contribution in [2.75, 3.05) is 0 Å². The molecule has 6 heteroatoms. The molecule has 0 aliphatic rings. The smallest absolute Gasteiger partial charge is 0.333 e. The fourth-order valence-electron chi connectivity index (χ4n) is 0.545. The molecule has 1 N–H and O–H groups in total. The molecule has 0 rings (SSSR count).